The number of aromatic nitrogens is 1. The van der Waals surface area contributed by atoms with Crippen LogP contribution in [0.5, 0.6) is 0 Å². The standard InChI is InChI=1S/C14H19N3O2S/c1-10-9-20-12(15-10)5-7-16-8-13(18)17-6-3-2-4-11(17)14(16)19/h9,11H,2-8H2,1H3. The summed E-state index contributed by atoms with van der Waals surface area (Å²) in [5.41, 5.74) is 1.02. The number of fused-ring (bicyclic) bond motifs is 1. The number of thiazole rings is 1. The van der Waals surface area contributed by atoms with Crippen molar-refractivity contribution < 1.29 is 9.59 Å². The molecular formula is C14H19N3O2S. The molecule has 1 aromatic rings. The molecule has 20 heavy (non-hydrogen) atoms. The highest BCUT2D eigenvalue weighted by atomic mass is 32.1. The molecule has 1 unspecified atom stereocenters. The van der Waals surface area contributed by atoms with Crippen LogP contribution in [-0.2, 0) is 16.0 Å². The Labute approximate surface area is 122 Å². The van der Waals surface area contributed by atoms with Gasteiger partial charge in [-0.2, -0.15) is 0 Å². The lowest BCUT2D eigenvalue weighted by atomic mass is 9.98. The molecule has 0 aromatic carbocycles. The molecule has 0 radical (unpaired) electrons. The Morgan fingerprint density at radius 2 is 2.25 bits per heavy atom. The zero-order valence-corrected chi connectivity index (χ0v) is 12.5. The van der Waals surface area contributed by atoms with E-state index in [-0.39, 0.29) is 24.4 Å². The third-order valence-corrected chi connectivity index (χ3v) is 5.03. The molecule has 0 spiro atoms. The highest BCUT2D eigenvalue weighted by Gasteiger charge is 2.40. The van der Waals surface area contributed by atoms with Crippen molar-refractivity contribution >= 4 is 23.2 Å². The van der Waals surface area contributed by atoms with Gasteiger partial charge in [0.05, 0.1) is 11.6 Å². The van der Waals surface area contributed by atoms with Gasteiger partial charge in [-0.1, -0.05) is 0 Å². The van der Waals surface area contributed by atoms with Crippen molar-refractivity contribution in [3.05, 3.63) is 16.1 Å². The largest absolute Gasteiger partial charge is 0.331 e. The smallest absolute Gasteiger partial charge is 0.245 e. The van der Waals surface area contributed by atoms with Crippen LogP contribution in [0.1, 0.15) is 30.0 Å². The zero-order valence-electron chi connectivity index (χ0n) is 11.7. The summed E-state index contributed by atoms with van der Waals surface area (Å²) in [5.74, 6) is 0.224. The van der Waals surface area contributed by atoms with E-state index in [1.54, 1.807) is 21.1 Å². The van der Waals surface area contributed by atoms with Crippen molar-refractivity contribution in [3.8, 4) is 0 Å². The average molecular weight is 293 g/mol. The van der Waals surface area contributed by atoms with Gasteiger partial charge in [0.2, 0.25) is 11.8 Å². The topological polar surface area (TPSA) is 53.5 Å². The van der Waals surface area contributed by atoms with Gasteiger partial charge in [-0.25, -0.2) is 4.98 Å². The molecule has 6 heteroatoms. The molecule has 2 amide bonds. The number of hydrogen-bond acceptors (Lipinski definition) is 4. The number of rotatable bonds is 3. The van der Waals surface area contributed by atoms with Crippen LogP contribution in [0.3, 0.4) is 0 Å². The van der Waals surface area contributed by atoms with E-state index in [1.165, 1.54) is 0 Å². The van der Waals surface area contributed by atoms with Crippen molar-refractivity contribution in [2.75, 3.05) is 19.6 Å². The van der Waals surface area contributed by atoms with Crippen LogP contribution in [-0.4, -0.2) is 52.3 Å². The summed E-state index contributed by atoms with van der Waals surface area (Å²) in [6.07, 6.45) is 3.62. The van der Waals surface area contributed by atoms with Gasteiger partial charge in [0, 0.05) is 30.6 Å². The van der Waals surface area contributed by atoms with E-state index in [2.05, 4.69) is 4.98 Å². The second-order valence-corrected chi connectivity index (χ2v) is 6.43. The number of aryl methyl sites for hydroxylation is 1. The number of carbonyl (C=O) groups excluding carboxylic acids is 2. The van der Waals surface area contributed by atoms with E-state index in [9.17, 15) is 9.59 Å². The van der Waals surface area contributed by atoms with Crippen molar-refractivity contribution in [2.24, 2.45) is 0 Å². The molecule has 2 aliphatic heterocycles. The number of nitrogens with zero attached hydrogens (tertiary/aromatic N) is 3. The fourth-order valence-corrected chi connectivity index (χ4v) is 3.73. The van der Waals surface area contributed by atoms with Gasteiger partial charge in [-0.15, -0.1) is 11.3 Å². The predicted molar refractivity (Wildman–Crippen MR) is 76.5 cm³/mol. The van der Waals surface area contributed by atoms with Crippen LogP contribution >= 0.6 is 11.3 Å². The first kappa shape index (κ1) is 13.5. The Hall–Kier alpha value is -1.43. The molecule has 0 saturated carbocycles. The fraction of sp³-hybridized carbons (Fsp3) is 0.643. The first-order chi connectivity index (χ1) is 9.65. The van der Waals surface area contributed by atoms with Gasteiger partial charge in [0.15, 0.2) is 0 Å². The minimum Gasteiger partial charge on any atom is -0.331 e. The van der Waals surface area contributed by atoms with Crippen LogP contribution in [0.2, 0.25) is 0 Å². The minimum absolute atomic E-state index is 0.101. The number of amides is 2. The highest BCUT2D eigenvalue weighted by molar-refractivity contribution is 7.09. The Morgan fingerprint density at radius 1 is 1.40 bits per heavy atom. The third kappa shape index (κ3) is 2.57. The van der Waals surface area contributed by atoms with E-state index in [1.807, 2.05) is 12.3 Å². The molecular weight excluding hydrogens is 274 g/mol. The van der Waals surface area contributed by atoms with Crippen LogP contribution in [0.4, 0.5) is 0 Å². The van der Waals surface area contributed by atoms with Crippen LogP contribution < -0.4 is 0 Å². The van der Waals surface area contributed by atoms with E-state index < -0.39 is 0 Å². The van der Waals surface area contributed by atoms with Gasteiger partial charge in [-0.05, 0) is 26.2 Å². The Bertz CT molecular complexity index is 528. The third-order valence-electron chi connectivity index (χ3n) is 4.01. The average Bonchev–Trinajstić information content (AvgIpc) is 2.87. The molecule has 3 heterocycles. The normalized spacial score (nSPS) is 23.1. The van der Waals surface area contributed by atoms with Crippen LogP contribution in [0.15, 0.2) is 5.38 Å². The first-order valence-corrected chi connectivity index (χ1v) is 8.02. The van der Waals surface area contributed by atoms with Crippen molar-refractivity contribution in [2.45, 2.75) is 38.6 Å². The summed E-state index contributed by atoms with van der Waals surface area (Å²) in [7, 11) is 0. The SMILES string of the molecule is Cc1csc(CCN2CC(=O)N3CCCCC3C2=O)n1. The number of piperidine rings is 1. The number of hydrogen-bond donors (Lipinski definition) is 0. The van der Waals surface area contributed by atoms with Gasteiger partial charge < -0.3 is 9.80 Å². The van der Waals surface area contributed by atoms with Crippen molar-refractivity contribution in [1.29, 1.82) is 0 Å². The molecule has 108 valence electrons. The van der Waals surface area contributed by atoms with E-state index in [0.29, 0.717) is 6.54 Å². The summed E-state index contributed by atoms with van der Waals surface area (Å²) in [6.45, 7) is 3.55. The Kier molecular flexibility index (Phi) is 3.74. The van der Waals surface area contributed by atoms with Gasteiger partial charge in [0.25, 0.3) is 0 Å². The minimum atomic E-state index is -0.206. The van der Waals surface area contributed by atoms with Crippen molar-refractivity contribution in [3.63, 3.8) is 0 Å². The van der Waals surface area contributed by atoms with Crippen LogP contribution in [0.25, 0.3) is 0 Å². The number of piperazine rings is 1. The summed E-state index contributed by atoms with van der Waals surface area (Å²) >= 11 is 1.62. The molecule has 0 N–H and O–H groups in total. The second-order valence-electron chi connectivity index (χ2n) is 5.49. The molecule has 5 nitrogen and oxygen atoms in total. The van der Waals surface area contributed by atoms with Crippen molar-refractivity contribution in [1.82, 2.24) is 14.8 Å². The molecule has 1 atom stereocenters. The molecule has 2 saturated heterocycles. The van der Waals surface area contributed by atoms with E-state index in [4.69, 9.17) is 0 Å². The molecule has 2 fully saturated rings. The fourth-order valence-electron chi connectivity index (χ4n) is 2.97. The van der Waals surface area contributed by atoms with Gasteiger partial charge >= 0.3 is 0 Å². The molecule has 2 aliphatic rings. The highest BCUT2D eigenvalue weighted by Crippen LogP contribution is 2.23. The quantitative estimate of drug-likeness (QED) is 0.842. The van der Waals surface area contributed by atoms with E-state index >= 15 is 0 Å². The summed E-state index contributed by atoms with van der Waals surface area (Å²) in [6, 6.07) is -0.206. The summed E-state index contributed by atoms with van der Waals surface area (Å²) in [4.78, 5) is 32.5. The first-order valence-electron chi connectivity index (χ1n) is 7.14. The van der Waals surface area contributed by atoms with Gasteiger partial charge in [-0.3, -0.25) is 9.59 Å². The van der Waals surface area contributed by atoms with Crippen LogP contribution in [0, 0.1) is 6.92 Å². The summed E-state index contributed by atoms with van der Waals surface area (Å²) in [5, 5.41) is 3.05. The lowest BCUT2D eigenvalue weighted by Crippen LogP contribution is -2.61. The maximum atomic E-state index is 12.4. The molecule has 0 aliphatic carbocycles. The van der Waals surface area contributed by atoms with Gasteiger partial charge in [0.1, 0.15) is 6.04 Å². The zero-order chi connectivity index (χ0) is 14.1. The monoisotopic (exact) mass is 293 g/mol. The lowest BCUT2D eigenvalue weighted by Gasteiger charge is -2.42. The second kappa shape index (κ2) is 5.52. The van der Waals surface area contributed by atoms with E-state index in [0.717, 1.165) is 42.9 Å². The maximum Gasteiger partial charge on any atom is 0.245 e. The molecule has 1 aromatic heterocycles. The maximum absolute atomic E-state index is 12.4. The predicted octanol–water partition coefficient (Wildman–Crippen LogP) is 1.22. The number of carbonyl (C=O) groups is 2. The Morgan fingerprint density at radius 3 is 3.00 bits per heavy atom. The molecule has 0 bridgehead atoms. The molecule has 3 rings (SSSR count). The Balaban J connectivity index is 1.64. The lowest BCUT2D eigenvalue weighted by molar-refractivity contribution is -0.157. The summed E-state index contributed by atoms with van der Waals surface area (Å²) < 4.78 is 0.